The third-order valence-electron chi connectivity index (χ3n) is 2.93. The lowest BCUT2D eigenvalue weighted by atomic mass is 10.1. The first kappa shape index (κ1) is 16.0. The van der Waals surface area contributed by atoms with Crippen LogP contribution in [0.3, 0.4) is 0 Å². The van der Waals surface area contributed by atoms with Crippen LogP contribution in [0.25, 0.3) is 11.4 Å². The molecule has 1 aromatic carbocycles. The minimum absolute atomic E-state index is 0.0909. The van der Waals surface area contributed by atoms with Crippen molar-refractivity contribution < 1.29 is 4.74 Å². The number of aromatic amines is 1. The van der Waals surface area contributed by atoms with Gasteiger partial charge in [0, 0.05) is 5.56 Å². The molecule has 112 valence electrons. The van der Waals surface area contributed by atoms with Gasteiger partial charge in [0.1, 0.15) is 11.6 Å². The van der Waals surface area contributed by atoms with Gasteiger partial charge in [0.05, 0.1) is 15.4 Å². The average molecular weight is 398 g/mol. The lowest BCUT2D eigenvalue weighted by Gasteiger charge is -2.11. The van der Waals surface area contributed by atoms with Crippen molar-refractivity contribution in [3.8, 4) is 17.1 Å². The number of aromatic nitrogens is 2. The molecule has 4 nitrogen and oxygen atoms in total. The Labute approximate surface area is 138 Å². The van der Waals surface area contributed by atoms with E-state index in [-0.39, 0.29) is 17.6 Å². The molecule has 0 aliphatic carbocycles. The lowest BCUT2D eigenvalue weighted by molar-refractivity contribution is 0.242. The van der Waals surface area contributed by atoms with Crippen LogP contribution in [0.2, 0.25) is 0 Å². The predicted octanol–water partition coefficient (Wildman–Crippen LogP) is 3.95. The summed E-state index contributed by atoms with van der Waals surface area (Å²) < 4.78 is 6.27. The monoisotopic (exact) mass is 398 g/mol. The SMILES string of the molecule is CC(C)Oc1ccc(-c2nc(C(C)C)c(I)c(=O)[nH]2)cc1. The third-order valence-corrected chi connectivity index (χ3v) is 3.98. The van der Waals surface area contributed by atoms with Crippen LogP contribution in [0.15, 0.2) is 29.1 Å². The molecule has 0 saturated heterocycles. The van der Waals surface area contributed by atoms with E-state index in [2.05, 4.69) is 9.97 Å². The Bertz CT molecular complexity index is 676. The maximum absolute atomic E-state index is 12.0. The van der Waals surface area contributed by atoms with Crippen molar-refractivity contribution in [3.63, 3.8) is 0 Å². The van der Waals surface area contributed by atoms with Crippen LogP contribution in [0.1, 0.15) is 39.3 Å². The fraction of sp³-hybridized carbons (Fsp3) is 0.375. The van der Waals surface area contributed by atoms with Crippen molar-refractivity contribution in [2.75, 3.05) is 0 Å². The minimum Gasteiger partial charge on any atom is -0.491 e. The van der Waals surface area contributed by atoms with Gasteiger partial charge in [-0.2, -0.15) is 0 Å². The molecule has 1 N–H and O–H groups in total. The fourth-order valence-electron chi connectivity index (χ4n) is 1.96. The van der Waals surface area contributed by atoms with Gasteiger partial charge < -0.3 is 9.72 Å². The molecule has 0 bridgehead atoms. The number of H-pyrrole nitrogens is 1. The molecule has 0 radical (unpaired) electrons. The van der Waals surface area contributed by atoms with E-state index in [1.807, 2.05) is 74.6 Å². The van der Waals surface area contributed by atoms with Gasteiger partial charge in [-0.1, -0.05) is 13.8 Å². The summed E-state index contributed by atoms with van der Waals surface area (Å²) in [6.07, 6.45) is 0.139. The zero-order valence-corrected chi connectivity index (χ0v) is 14.8. The second kappa shape index (κ2) is 6.60. The van der Waals surface area contributed by atoms with Gasteiger partial charge in [-0.05, 0) is 66.6 Å². The van der Waals surface area contributed by atoms with Crippen LogP contribution in [0, 0.1) is 3.57 Å². The fourth-order valence-corrected chi connectivity index (χ4v) is 2.84. The van der Waals surface area contributed by atoms with Crippen LogP contribution in [0.5, 0.6) is 5.75 Å². The molecule has 0 aliphatic heterocycles. The van der Waals surface area contributed by atoms with Gasteiger partial charge in [-0.25, -0.2) is 4.98 Å². The second-order valence-electron chi connectivity index (χ2n) is 5.46. The number of ether oxygens (including phenoxy) is 1. The predicted molar refractivity (Wildman–Crippen MR) is 92.9 cm³/mol. The summed E-state index contributed by atoms with van der Waals surface area (Å²) in [7, 11) is 0. The van der Waals surface area contributed by atoms with E-state index in [1.54, 1.807) is 0 Å². The number of hydrogen-bond donors (Lipinski definition) is 1. The number of nitrogens with one attached hydrogen (secondary N) is 1. The van der Waals surface area contributed by atoms with E-state index >= 15 is 0 Å². The number of benzene rings is 1. The third kappa shape index (κ3) is 3.84. The summed E-state index contributed by atoms with van der Waals surface area (Å²) >= 11 is 2.05. The smallest absolute Gasteiger partial charge is 0.264 e. The first-order chi connectivity index (χ1) is 9.88. The summed E-state index contributed by atoms with van der Waals surface area (Å²) in [5, 5.41) is 0. The van der Waals surface area contributed by atoms with Crippen molar-refractivity contribution in [1.29, 1.82) is 0 Å². The maximum Gasteiger partial charge on any atom is 0.264 e. The molecule has 0 fully saturated rings. The van der Waals surface area contributed by atoms with E-state index in [0.717, 1.165) is 17.0 Å². The number of hydrogen-bond acceptors (Lipinski definition) is 3. The van der Waals surface area contributed by atoms with Crippen LogP contribution < -0.4 is 10.3 Å². The Morgan fingerprint density at radius 1 is 1.14 bits per heavy atom. The highest BCUT2D eigenvalue weighted by atomic mass is 127. The summed E-state index contributed by atoms with van der Waals surface area (Å²) in [6, 6.07) is 7.60. The number of rotatable bonds is 4. The standard InChI is InChI=1S/C16H19IN2O2/c1-9(2)14-13(17)16(20)19-15(18-14)11-5-7-12(8-6-11)21-10(3)4/h5-10H,1-4H3,(H,18,19,20). The molecule has 1 aromatic heterocycles. The van der Waals surface area contributed by atoms with Crippen molar-refractivity contribution in [2.45, 2.75) is 39.7 Å². The van der Waals surface area contributed by atoms with E-state index in [9.17, 15) is 4.79 Å². The van der Waals surface area contributed by atoms with Crippen molar-refractivity contribution in [1.82, 2.24) is 9.97 Å². The Morgan fingerprint density at radius 2 is 1.76 bits per heavy atom. The van der Waals surface area contributed by atoms with Crippen molar-refractivity contribution >= 4 is 22.6 Å². The second-order valence-corrected chi connectivity index (χ2v) is 6.54. The van der Waals surface area contributed by atoms with Crippen molar-refractivity contribution in [3.05, 3.63) is 43.9 Å². The van der Waals surface area contributed by atoms with Gasteiger partial charge in [0.15, 0.2) is 0 Å². The highest BCUT2D eigenvalue weighted by Crippen LogP contribution is 2.22. The van der Waals surface area contributed by atoms with E-state index in [0.29, 0.717) is 9.39 Å². The molecule has 0 spiro atoms. The number of nitrogens with zero attached hydrogens (tertiary/aromatic N) is 1. The van der Waals surface area contributed by atoms with Gasteiger partial charge in [0.25, 0.3) is 5.56 Å². The highest BCUT2D eigenvalue weighted by molar-refractivity contribution is 14.1. The van der Waals surface area contributed by atoms with Gasteiger partial charge in [-0.3, -0.25) is 4.79 Å². The molecule has 2 aromatic rings. The lowest BCUT2D eigenvalue weighted by Crippen LogP contribution is -2.17. The zero-order chi connectivity index (χ0) is 15.6. The topological polar surface area (TPSA) is 55.0 Å². The highest BCUT2D eigenvalue weighted by Gasteiger charge is 2.13. The Balaban J connectivity index is 2.40. The molecule has 0 saturated carbocycles. The van der Waals surface area contributed by atoms with Gasteiger partial charge in [0.2, 0.25) is 0 Å². The molecule has 0 aliphatic rings. The minimum atomic E-state index is -0.0909. The van der Waals surface area contributed by atoms with Gasteiger partial charge >= 0.3 is 0 Å². The largest absolute Gasteiger partial charge is 0.491 e. The van der Waals surface area contributed by atoms with E-state index in [1.165, 1.54) is 0 Å². The average Bonchev–Trinajstić information content (AvgIpc) is 2.41. The molecule has 2 rings (SSSR count). The van der Waals surface area contributed by atoms with E-state index < -0.39 is 0 Å². The normalized spacial score (nSPS) is 11.2. The Hall–Kier alpha value is -1.37. The quantitative estimate of drug-likeness (QED) is 0.794. The first-order valence-electron chi connectivity index (χ1n) is 6.95. The molecule has 0 atom stereocenters. The van der Waals surface area contributed by atoms with Crippen LogP contribution in [-0.2, 0) is 0 Å². The van der Waals surface area contributed by atoms with Crippen LogP contribution >= 0.6 is 22.6 Å². The first-order valence-corrected chi connectivity index (χ1v) is 8.03. The molecular formula is C16H19IN2O2. The zero-order valence-electron chi connectivity index (χ0n) is 12.6. The Morgan fingerprint density at radius 3 is 2.29 bits per heavy atom. The van der Waals surface area contributed by atoms with Crippen molar-refractivity contribution in [2.24, 2.45) is 0 Å². The number of halogens is 1. The summed E-state index contributed by atoms with van der Waals surface area (Å²) in [5.41, 5.74) is 1.62. The molecule has 5 heteroatoms. The molecule has 21 heavy (non-hydrogen) atoms. The molecular weight excluding hydrogens is 379 g/mol. The summed E-state index contributed by atoms with van der Waals surface area (Å²) in [4.78, 5) is 19.4. The summed E-state index contributed by atoms with van der Waals surface area (Å²) in [5.74, 6) is 1.62. The summed E-state index contributed by atoms with van der Waals surface area (Å²) in [6.45, 7) is 8.04. The molecule has 0 amide bonds. The molecule has 0 unspecified atom stereocenters. The Kier molecular flexibility index (Phi) is 5.03. The van der Waals surface area contributed by atoms with Gasteiger partial charge in [-0.15, -0.1) is 0 Å². The van der Waals surface area contributed by atoms with Crippen LogP contribution in [0.4, 0.5) is 0 Å². The maximum atomic E-state index is 12.0. The van der Waals surface area contributed by atoms with Crippen LogP contribution in [-0.4, -0.2) is 16.1 Å². The van der Waals surface area contributed by atoms with E-state index in [4.69, 9.17) is 4.74 Å². The molecule has 1 heterocycles.